The van der Waals surface area contributed by atoms with Crippen molar-refractivity contribution >= 4 is 8.32 Å². The standard InChI is InChI=1S/C19H33NO4Si/c1-19(2,3)25(4,5)24-13-16-18(23)17(22)15(12-21)20(16)11-14-9-7-6-8-10-14/h6-10,15-18,21-23H,11-13H2,1-5H3/t15-,16-,17-,18-/m1/s1. The molecule has 6 heteroatoms. The first-order valence-electron chi connectivity index (χ1n) is 8.99. The molecule has 0 aliphatic carbocycles. The normalized spacial score (nSPS) is 28.5. The maximum atomic E-state index is 10.5. The molecule has 3 N–H and O–H groups in total. The minimum absolute atomic E-state index is 0.0792. The molecular formula is C19H33NO4Si. The fourth-order valence-corrected chi connectivity index (χ4v) is 4.06. The molecule has 1 heterocycles. The van der Waals surface area contributed by atoms with Gasteiger partial charge in [0.1, 0.15) is 0 Å². The summed E-state index contributed by atoms with van der Waals surface area (Å²) in [6.45, 7) is 11.6. The van der Waals surface area contributed by atoms with Gasteiger partial charge in [0.2, 0.25) is 0 Å². The van der Waals surface area contributed by atoms with Crippen molar-refractivity contribution in [2.45, 2.75) is 69.7 Å². The molecule has 1 aliphatic rings. The van der Waals surface area contributed by atoms with E-state index in [1.54, 1.807) is 0 Å². The average Bonchev–Trinajstić information content (AvgIpc) is 2.76. The Bertz CT molecular complexity index is 546. The molecule has 4 atom stereocenters. The van der Waals surface area contributed by atoms with Crippen molar-refractivity contribution in [2.24, 2.45) is 0 Å². The highest BCUT2D eigenvalue weighted by Gasteiger charge is 2.48. The van der Waals surface area contributed by atoms with Crippen molar-refractivity contribution in [1.82, 2.24) is 4.90 Å². The van der Waals surface area contributed by atoms with Crippen molar-refractivity contribution in [3.05, 3.63) is 35.9 Å². The maximum absolute atomic E-state index is 10.5. The van der Waals surface area contributed by atoms with E-state index in [4.69, 9.17) is 4.43 Å². The third-order valence-corrected chi connectivity index (χ3v) is 10.3. The van der Waals surface area contributed by atoms with Crippen LogP contribution in [0.4, 0.5) is 0 Å². The summed E-state index contributed by atoms with van der Waals surface area (Å²) >= 11 is 0. The van der Waals surface area contributed by atoms with Crippen molar-refractivity contribution in [2.75, 3.05) is 13.2 Å². The van der Waals surface area contributed by atoms with Gasteiger partial charge in [-0.15, -0.1) is 0 Å². The number of hydrogen-bond acceptors (Lipinski definition) is 5. The number of aliphatic hydroxyl groups is 3. The van der Waals surface area contributed by atoms with Gasteiger partial charge in [-0.3, -0.25) is 4.90 Å². The second-order valence-corrected chi connectivity index (χ2v) is 13.3. The van der Waals surface area contributed by atoms with Gasteiger partial charge in [-0.2, -0.15) is 0 Å². The van der Waals surface area contributed by atoms with Crippen LogP contribution in [-0.4, -0.2) is 66.0 Å². The summed E-state index contributed by atoms with van der Waals surface area (Å²) in [4.78, 5) is 1.98. The topological polar surface area (TPSA) is 73.2 Å². The Morgan fingerprint density at radius 2 is 1.60 bits per heavy atom. The van der Waals surface area contributed by atoms with Crippen LogP contribution < -0.4 is 0 Å². The Kier molecular flexibility index (Phi) is 6.46. The predicted octanol–water partition coefficient (Wildman–Crippen LogP) is 1.98. The first kappa shape index (κ1) is 20.5. The Morgan fingerprint density at radius 1 is 1.04 bits per heavy atom. The third-order valence-electron chi connectivity index (χ3n) is 5.81. The highest BCUT2D eigenvalue weighted by Crippen LogP contribution is 2.37. The van der Waals surface area contributed by atoms with Gasteiger partial charge in [0.05, 0.1) is 37.5 Å². The number of nitrogens with zero attached hydrogens (tertiary/aromatic N) is 1. The first-order chi connectivity index (χ1) is 11.6. The van der Waals surface area contributed by atoms with Crippen LogP contribution in [0.5, 0.6) is 0 Å². The monoisotopic (exact) mass is 367 g/mol. The fourth-order valence-electron chi connectivity index (χ4n) is 3.04. The van der Waals surface area contributed by atoms with Crippen LogP contribution >= 0.6 is 0 Å². The van der Waals surface area contributed by atoms with E-state index < -0.39 is 26.6 Å². The molecule has 0 radical (unpaired) electrons. The molecule has 142 valence electrons. The molecule has 1 fully saturated rings. The Balaban J connectivity index is 2.17. The largest absolute Gasteiger partial charge is 0.415 e. The van der Waals surface area contributed by atoms with E-state index in [2.05, 4.69) is 33.9 Å². The predicted molar refractivity (Wildman–Crippen MR) is 102 cm³/mol. The molecule has 0 amide bonds. The average molecular weight is 368 g/mol. The Morgan fingerprint density at radius 3 is 2.12 bits per heavy atom. The minimum atomic E-state index is -1.96. The molecule has 0 bridgehead atoms. The van der Waals surface area contributed by atoms with E-state index in [1.807, 2.05) is 35.2 Å². The molecule has 1 aliphatic heterocycles. The van der Waals surface area contributed by atoms with Gasteiger partial charge in [-0.05, 0) is 23.7 Å². The van der Waals surface area contributed by atoms with Crippen LogP contribution in [0.3, 0.4) is 0 Å². The number of hydrogen-bond donors (Lipinski definition) is 3. The zero-order chi connectivity index (χ0) is 18.8. The minimum Gasteiger partial charge on any atom is -0.415 e. The number of rotatable bonds is 6. The molecule has 1 saturated heterocycles. The molecule has 1 aromatic rings. The highest BCUT2D eigenvalue weighted by molar-refractivity contribution is 6.74. The summed E-state index contributed by atoms with van der Waals surface area (Å²) in [5, 5.41) is 30.7. The number of likely N-dealkylation sites (tertiary alicyclic amines) is 1. The molecule has 5 nitrogen and oxygen atoms in total. The molecule has 1 aromatic carbocycles. The van der Waals surface area contributed by atoms with Gasteiger partial charge >= 0.3 is 0 Å². The summed E-state index contributed by atoms with van der Waals surface area (Å²) in [5.74, 6) is 0. The maximum Gasteiger partial charge on any atom is 0.192 e. The highest BCUT2D eigenvalue weighted by atomic mass is 28.4. The lowest BCUT2D eigenvalue weighted by atomic mass is 10.1. The fraction of sp³-hybridized carbons (Fsp3) is 0.684. The van der Waals surface area contributed by atoms with Crippen LogP contribution in [0.2, 0.25) is 18.1 Å². The van der Waals surface area contributed by atoms with Gasteiger partial charge in [-0.25, -0.2) is 0 Å². The molecule has 2 rings (SSSR count). The second kappa shape index (κ2) is 7.86. The molecule has 0 unspecified atom stereocenters. The van der Waals surface area contributed by atoms with E-state index >= 15 is 0 Å². The van der Waals surface area contributed by atoms with Gasteiger partial charge < -0.3 is 19.7 Å². The van der Waals surface area contributed by atoms with Gasteiger partial charge in [0.25, 0.3) is 0 Å². The molecule has 25 heavy (non-hydrogen) atoms. The number of aliphatic hydroxyl groups excluding tert-OH is 3. The zero-order valence-electron chi connectivity index (χ0n) is 16.0. The SMILES string of the molecule is CC(C)(C)[Si](C)(C)OC[C@@H]1[C@@H](O)[C@H](O)[C@@H](CO)N1Cc1ccccc1. The van der Waals surface area contributed by atoms with E-state index in [0.717, 1.165) is 5.56 Å². The Labute approximate surface area is 152 Å². The third kappa shape index (κ3) is 4.50. The second-order valence-electron chi connectivity index (χ2n) is 8.53. The first-order valence-corrected chi connectivity index (χ1v) is 11.9. The van der Waals surface area contributed by atoms with Crippen molar-refractivity contribution < 1.29 is 19.7 Å². The van der Waals surface area contributed by atoms with Crippen molar-refractivity contribution in [3.8, 4) is 0 Å². The zero-order valence-corrected chi connectivity index (χ0v) is 17.0. The van der Waals surface area contributed by atoms with Crippen molar-refractivity contribution in [1.29, 1.82) is 0 Å². The summed E-state index contributed by atoms with van der Waals surface area (Å²) in [7, 11) is -1.96. The molecule has 0 aromatic heterocycles. The molecule has 0 spiro atoms. The van der Waals surface area contributed by atoms with E-state index in [1.165, 1.54) is 0 Å². The Hall–Kier alpha value is -0.763. The van der Waals surface area contributed by atoms with Crippen LogP contribution in [0, 0.1) is 0 Å². The van der Waals surface area contributed by atoms with E-state index in [9.17, 15) is 15.3 Å². The van der Waals surface area contributed by atoms with E-state index in [0.29, 0.717) is 13.2 Å². The van der Waals surface area contributed by atoms with Gasteiger partial charge in [-0.1, -0.05) is 51.1 Å². The summed E-state index contributed by atoms with van der Waals surface area (Å²) in [6, 6.07) is 9.10. The van der Waals surface area contributed by atoms with Crippen molar-refractivity contribution in [3.63, 3.8) is 0 Å². The van der Waals surface area contributed by atoms with Crippen LogP contribution in [0.1, 0.15) is 26.3 Å². The van der Waals surface area contributed by atoms with Crippen LogP contribution in [-0.2, 0) is 11.0 Å². The summed E-state index contributed by atoms with van der Waals surface area (Å²) < 4.78 is 6.30. The lowest BCUT2D eigenvalue weighted by Crippen LogP contribution is -2.48. The molecule has 0 saturated carbocycles. The summed E-state index contributed by atoms with van der Waals surface area (Å²) in [5.41, 5.74) is 1.08. The quantitative estimate of drug-likeness (QED) is 0.671. The van der Waals surface area contributed by atoms with E-state index in [-0.39, 0.29) is 17.7 Å². The van der Waals surface area contributed by atoms with Gasteiger partial charge in [0, 0.05) is 6.54 Å². The van der Waals surface area contributed by atoms with Crippen LogP contribution in [0.15, 0.2) is 30.3 Å². The lowest BCUT2D eigenvalue weighted by molar-refractivity contribution is 0.0137. The lowest BCUT2D eigenvalue weighted by Gasteiger charge is -2.38. The summed E-state index contributed by atoms with van der Waals surface area (Å²) in [6.07, 6.45) is -1.90. The van der Waals surface area contributed by atoms with Crippen LogP contribution in [0.25, 0.3) is 0 Å². The van der Waals surface area contributed by atoms with Gasteiger partial charge in [0.15, 0.2) is 8.32 Å². The smallest absolute Gasteiger partial charge is 0.192 e. The number of benzene rings is 1. The molecular weight excluding hydrogens is 334 g/mol.